The third-order valence-electron chi connectivity index (χ3n) is 3.02. The molecule has 0 saturated carbocycles. The number of carbonyl (C=O) groups excluding carboxylic acids is 1. The van der Waals surface area contributed by atoms with Crippen molar-refractivity contribution in [2.75, 3.05) is 0 Å². The van der Waals surface area contributed by atoms with Crippen molar-refractivity contribution in [1.29, 1.82) is 0 Å². The normalized spacial score (nSPS) is 11.6. The van der Waals surface area contributed by atoms with Crippen LogP contribution >= 0.6 is 22.9 Å². The highest BCUT2D eigenvalue weighted by molar-refractivity contribution is 7.20. The number of para-hydroxylation sites is 1. The van der Waals surface area contributed by atoms with Crippen LogP contribution in [-0.4, -0.2) is 16.6 Å². The van der Waals surface area contributed by atoms with Gasteiger partial charge in [0, 0.05) is 10.6 Å². The van der Waals surface area contributed by atoms with Gasteiger partial charge in [0.05, 0.1) is 15.9 Å². The molecule has 0 radical (unpaired) electrons. The van der Waals surface area contributed by atoms with Gasteiger partial charge in [0.25, 0.3) is 5.91 Å². The molecule has 1 N–H and O–H groups in total. The number of nitrogens with one attached hydrogen (secondary N) is 1. The van der Waals surface area contributed by atoms with Crippen molar-refractivity contribution >= 4 is 44.8 Å². The Morgan fingerprint density at radius 2 is 2.05 bits per heavy atom. The molecule has 0 aliphatic carbocycles. The van der Waals surface area contributed by atoms with E-state index in [2.05, 4.69) is 15.5 Å². The van der Waals surface area contributed by atoms with E-state index in [1.54, 1.807) is 35.6 Å². The highest BCUT2D eigenvalue weighted by Crippen LogP contribution is 2.21. The minimum atomic E-state index is -0.303. The maximum atomic E-state index is 12.0. The molecule has 0 unspecified atom stereocenters. The highest BCUT2D eigenvalue weighted by Gasteiger charge is 2.08. The molecule has 110 valence electrons. The van der Waals surface area contributed by atoms with Crippen LogP contribution in [0.25, 0.3) is 10.2 Å². The van der Waals surface area contributed by atoms with Gasteiger partial charge in [-0.05, 0) is 37.3 Å². The number of halogens is 1. The van der Waals surface area contributed by atoms with E-state index in [1.807, 2.05) is 31.2 Å². The first-order valence-electron chi connectivity index (χ1n) is 6.59. The van der Waals surface area contributed by atoms with Gasteiger partial charge in [0.1, 0.15) is 5.01 Å². The van der Waals surface area contributed by atoms with E-state index in [9.17, 15) is 4.79 Å². The van der Waals surface area contributed by atoms with E-state index >= 15 is 0 Å². The van der Waals surface area contributed by atoms with Crippen LogP contribution in [0.15, 0.2) is 53.6 Å². The number of hydrogen-bond donors (Lipinski definition) is 1. The van der Waals surface area contributed by atoms with Crippen LogP contribution < -0.4 is 5.43 Å². The number of rotatable bonds is 3. The van der Waals surface area contributed by atoms with Gasteiger partial charge in [-0.2, -0.15) is 5.10 Å². The average Bonchev–Trinajstić information content (AvgIpc) is 2.96. The van der Waals surface area contributed by atoms with Gasteiger partial charge in [-0.15, -0.1) is 11.3 Å². The summed E-state index contributed by atoms with van der Waals surface area (Å²) >= 11 is 7.41. The highest BCUT2D eigenvalue weighted by atomic mass is 35.5. The molecule has 3 rings (SSSR count). The second-order valence-corrected chi connectivity index (χ2v) is 6.10. The second kappa shape index (κ2) is 6.25. The number of carbonyl (C=O) groups is 1. The van der Waals surface area contributed by atoms with Gasteiger partial charge in [-0.1, -0.05) is 29.8 Å². The summed E-state index contributed by atoms with van der Waals surface area (Å²) < 4.78 is 1.09. The molecular formula is C16H12ClN3OS. The van der Waals surface area contributed by atoms with Crippen molar-refractivity contribution < 1.29 is 4.79 Å². The summed E-state index contributed by atoms with van der Waals surface area (Å²) in [6.07, 6.45) is 0. The monoisotopic (exact) mass is 329 g/mol. The van der Waals surface area contributed by atoms with E-state index in [0.717, 1.165) is 15.2 Å². The summed E-state index contributed by atoms with van der Waals surface area (Å²) in [5, 5.41) is 5.42. The Balaban J connectivity index is 1.78. The first-order valence-corrected chi connectivity index (χ1v) is 7.79. The number of hydrogen-bond acceptors (Lipinski definition) is 4. The lowest BCUT2D eigenvalue weighted by Gasteiger charge is -2.01. The number of fused-ring (bicyclic) bond motifs is 1. The Morgan fingerprint density at radius 3 is 2.82 bits per heavy atom. The average molecular weight is 330 g/mol. The van der Waals surface area contributed by atoms with E-state index < -0.39 is 0 Å². The van der Waals surface area contributed by atoms with Gasteiger partial charge in [0.15, 0.2) is 0 Å². The van der Waals surface area contributed by atoms with Crippen LogP contribution in [0.5, 0.6) is 0 Å². The third kappa shape index (κ3) is 3.16. The summed E-state index contributed by atoms with van der Waals surface area (Å²) in [5.74, 6) is -0.303. The van der Waals surface area contributed by atoms with Crippen LogP contribution in [0, 0.1) is 0 Å². The lowest BCUT2D eigenvalue weighted by Crippen LogP contribution is -2.19. The lowest BCUT2D eigenvalue weighted by atomic mass is 10.2. The molecule has 1 amide bonds. The summed E-state index contributed by atoms with van der Waals surface area (Å²) in [5.41, 5.74) is 4.58. The Hall–Kier alpha value is -2.24. The molecule has 0 fully saturated rings. The lowest BCUT2D eigenvalue weighted by molar-refractivity contribution is 0.0955. The number of aromatic nitrogens is 1. The van der Waals surface area contributed by atoms with Gasteiger partial charge >= 0.3 is 0 Å². The predicted molar refractivity (Wildman–Crippen MR) is 90.7 cm³/mol. The Kier molecular flexibility index (Phi) is 4.18. The Bertz CT molecular complexity index is 839. The molecule has 1 aromatic heterocycles. The molecule has 3 aromatic rings. The largest absolute Gasteiger partial charge is 0.271 e. The van der Waals surface area contributed by atoms with Crippen LogP contribution in [-0.2, 0) is 0 Å². The fourth-order valence-corrected chi connectivity index (χ4v) is 3.00. The van der Waals surface area contributed by atoms with E-state index in [-0.39, 0.29) is 5.91 Å². The minimum absolute atomic E-state index is 0.303. The first-order chi connectivity index (χ1) is 10.6. The molecule has 1 heterocycles. The molecule has 0 aliphatic heterocycles. The SMILES string of the molecule is C/C(=N/NC(=O)c1cccc(Cl)c1)c1nc2ccccc2s1. The van der Waals surface area contributed by atoms with Crippen LogP contribution in [0.3, 0.4) is 0 Å². The Morgan fingerprint density at radius 1 is 1.23 bits per heavy atom. The van der Waals surface area contributed by atoms with E-state index in [0.29, 0.717) is 16.3 Å². The fourth-order valence-electron chi connectivity index (χ4n) is 1.90. The van der Waals surface area contributed by atoms with Crippen molar-refractivity contribution in [3.05, 3.63) is 64.1 Å². The molecule has 6 heteroatoms. The van der Waals surface area contributed by atoms with Crippen LogP contribution in [0.1, 0.15) is 22.3 Å². The first kappa shape index (κ1) is 14.7. The predicted octanol–water partition coefficient (Wildman–Crippen LogP) is 4.10. The van der Waals surface area contributed by atoms with Crippen LogP contribution in [0.4, 0.5) is 0 Å². The molecule has 0 spiro atoms. The fraction of sp³-hybridized carbons (Fsp3) is 0.0625. The number of thiazole rings is 1. The number of amides is 1. The summed E-state index contributed by atoms with van der Waals surface area (Å²) in [4.78, 5) is 16.5. The third-order valence-corrected chi connectivity index (χ3v) is 4.40. The molecule has 0 bridgehead atoms. The number of nitrogens with zero attached hydrogens (tertiary/aromatic N) is 2. The van der Waals surface area contributed by atoms with Gasteiger partial charge in [-0.25, -0.2) is 10.4 Å². The smallest absolute Gasteiger partial charge is 0.267 e. The van der Waals surface area contributed by atoms with Gasteiger partial charge < -0.3 is 0 Å². The van der Waals surface area contributed by atoms with Crippen molar-refractivity contribution in [2.45, 2.75) is 6.92 Å². The van der Waals surface area contributed by atoms with Crippen molar-refractivity contribution in [3.63, 3.8) is 0 Å². The quantitative estimate of drug-likeness (QED) is 0.581. The standard InChI is InChI=1S/C16H12ClN3OS/c1-10(16-18-13-7-2-3-8-14(13)22-16)19-20-15(21)11-5-4-6-12(17)9-11/h2-9H,1H3,(H,20,21)/b19-10-. The molecule has 22 heavy (non-hydrogen) atoms. The van der Waals surface area contributed by atoms with Crippen molar-refractivity contribution in [1.82, 2.24) is 10.4 Å². The molecule has 4 nitrogen and oxygen atoms in total. The zero-order chi connectivity index (χ0) is 15.5. The zero-order valence-corrected chi connectivity index (χ0v) is 13.3. The van der Waals surface area contributed by atoms with Crippen molar-refractivity contribution in [2.24, 2.45) is 5.10 Å². The van der Waals surface area contributed by atoms with Crippen LogP contribution in [0.2, 0.25) is 5.02 Å². The second-order valence-electron chi connectivity index (χ2n) is 4.64. The maximum absolute atomic E-state index is 12.0. The summed E-state index contributed by atoms with van der Waals surface area (Å²) in [6.45, 7) is 1.82. The molecular weight excluding hydrogens is 318 g/mol. The van der Waals surface area contributed by atoms with Gasteiger partial charge in [0.2, 0.25) is 0 Å². The zero-order valence-electron chi connectivity index (χ0n) is 11.7. The van der Waals surface area contributed by atoms with Gasteiger partial charge in [-0.3, -0.25) is 4.79 Å². The van der Waals surface area contributed by atoms with E-state index in [4.69, 9.17) is 11.6 Å². The molecule has 0 saturated heterocycles. The molecule has 0 aliphatic rings. The number of hydrazone groups is 1. The molecule has 2 aromatic carbocycles. The molecule has 0 atom stereocenters. The summed E-state index contributed by atoms with van der Waals surface area (Å²) in [6, 6.07) is 14.6. The number of benzene rings is 2. The topological polar surface area (TPSA) is 54.4 Å². The maximum Gasteiger partial charge on any atom is 0.271 e. The van der Waals surface area contributed by atoms with E-state index in [1.165, 1.54) is 0 Å². The minimum Gasteiger partial charge on any atom is -0.267 e. The summed E-state index contributed by atoms with van der Waals surface area (Å²) in [7, 11) is 0. The van der Waals surface area contributed by atoms with Crippen molar-refractivity contribution in [3.8, 4) is 0 Å². The Labute approximate surface area is 136 Å².